The van der Waals surface area contributed by atoms with Crippen LogP contribution in [0.4, 0.5) is 0 Å². The van der Waals surface area contributed by atoms with Gasteiger partial charge in [-0.25, -0.2) is 0 Å². The molecule has 0 N–H and O–H groups in total. The van der Waals surface area contributed by atoms with Gasteiger partial charge in [0.2, 0.25) is 6.79 Å². The van der Waals surface area contributed by atoms with Crippen molar-refractivity contribution in [2.45, 2.75) is 19.8 Å². The lowest BCUT2D eigenvalue weighted by Gasteiger charge is -2.18. The van der Waals surface area contributed by atoms with E-state index < -0.39 is 0 Å². The van der Waals surface area contributed by atoms with E-state index in [2.05, 4.69) is 0 Å². The van der Waals surface area contributed by atoms with E-state index >= 15 is 0 Å². The molecule has 0 unspecified atom stereocenters. The van der Waals surface area contributed by atoms with E-state index in [1.165, 1.54) is 0 Å². The first-order valence-electron chi connectivity index (χ1n) is 11.1. The van der Waals surface area contributed by atoms with Crippen LogP contribution in [0, 0.1) is 0 Å². The number of hydrogen-bond acceptors (Lipinski definition) is 7. The van der Waals surface area contributed by atoms with Crippen molar-refractivity contribution in [1.82, 2.24) is 0 Å². The maximum atomic E-state index is 5.93. The fraction of sp³-hybridized carbons (Fsp3) is 0.333. The van der Waals surface area contributed by atoms with Crippen LogP contribution in [-0.2, 0) is 12.8 Å². The number of fused-ring (bicyclic) bond motifs is 1. The van der Waals surface area contributed by atoms with Crippen LogP contribution in [0.1, 0.15) is 29.2 Å². The average Bonchev–Trinajstić information content (AvgIpc) is 3.32. The zero-order valence-corrected chi connectivity index (χ0v) is 20.2. The van der Waals surface area contributed by atoms with Crippen LogP contribution < -0.4 is 33.2 Å². The van der Waals surface area contributed by atoms with Crippen LogP contribution in [0.25, 0.3) is 0 Å². The minimum atomic E-state index is 0.214. The first kappa shape index (κ1) is 23.4. The first-order valence-corrected chi connectivity index (χ1v) is 11.1. The topological polar surface area (TPSA) is 64.6 Å². The van der Waals surface area contributed by atoms with Gasteiger partial charge in [0.15, 0.2) is 34.5 Å². The van der Waals surface area contributed by atoms with Crippen LogP contribution in [0.15, 0.2) is 42.5 Å². The van der Waals surface area contributed by atoms with Gasteiger partial charge in [-0.15, -0.1) is 0 Å². The molecular formula is C27H30O7. The van der Waals surface area contributed by atoms with E-state index in [1.54, 1.807) is 28.4 Å². The van der Waals surface area contributed by atoms with Crippen molar-refractivity contribution in [2.75, 3.05) is 41.8 Å². The van der Waals surface area contributed by atoms with E-state index in [9.17, 15) is 0 Å². The van der Waals surface area contributed by atoms with Gasteiger partial charge in [0, 0.05) is 18.1 Å². The van der Waals surface area contributed by atoms with Crippen molar-refractivity contribution in [2.24, 2.45) is 0 Å². The smallest absolute Gasteiger partial charge is 0.231 e. The Balaban J connectivity index is 1.75. The Morgan fingerprint density at radius 2 is 1.21 bits per heavy atom. The molecule has 0 fully saturated rings. The molecule has 0 saturated heterocycles. The summed E-state index contributed by atoms with van der Waals surface area (Å²) in [5, 5.41) is 0. The summed E-state index contributed by atoms with van der Waals surface area (Å²) in [6, 6.07) is 13.9. The van der Waals surface area contributed by atoms with E-state index in [4.69, 9.17) is 33.2 Å². The summed E-state index contributed by atoms with van der Waals surface area (Å²) in [6.07, 6.45) is 1.29. The Hall–Kier alpha value is -3.74. The van der Waals surface area contributed by atoms with E-state index in [0.29, 0.717) is 48.2 Å². The predicted octanol–water partition coefficient (Wildman–Crippen LogP) is 5.03. The van der Waals surface area contributed by atoms with Crippen molar-refractivity contribution >= 4 is 0 Å². The molecule has 0 bridgehead atoms. The Kier molecular flexibility index (Phi) is 7.21. The maximum absolute atomic E-state index is 5.93. The third-order valence-corrected chi connectivity index (χ3v) is 5.78. The molecule has 3 aromatic carbocycles. The summed E-state index contributed by atoms with van der Waals surface area (Å²) >= 11 is 0. The van der Waals surface area contributed by atoms with Gasteiger partial charge < -0.3 is 33.2 Å². The molecule has 0 atom stereocenters. The third-order valence-electron chi connectivity index (χ3n) is 5.78. The summed E-state index contributed by atoms with van der Waals surface area (Å²) < 4.78 is 39.2. The van der Waals surface area contributed by atoms with Gasteiger partial charge in [0.05, 0.1) is 35.0 Å². The van der Waals surface area contributed by atoms with Crippen molar-refractivity contribution in [3.63, 3.8) is 0 Å². The lowest BCUT2D eigenvalue weighted by molar-refractivity contribution is 0.173. The van der Waals surface area contributed by atoms with Crippen molar-refractivity contribution < 1.29 is 33.2 Å². The quantitative estimate of drug-likeness (QED) is 0.415. The lowest BCUT2D eigenvalue weighted by Crippen LogP contribution is -2.03. The fourth-order valence-electron chi connectivity index (χ4n) is 4.10. The summed E-state index contributed by atoms with van der Waals surface area (Å²) in [6.45, 7) is 2.73. The summed E-state index contributed by atoms with van der Waals surface area (Å²) in [5.41, 5.74) is 4.28. The molecule has 0 aliphatic carbocycles. The molecule has 4 rings (SSSR count). The molecule has 7 heteroatoms. The van der Waals surface area contributed by atoms with Gasteiger partial charge in [-0.1, -0.05) is 6.07 Å². The number of rotatable bonds is 10. The highest BCUT2D eigenvalue weighted by Crippen LogP contribution is 2.41. The van der Waals surface area contributed by atoms with Gasteiger partial charge in [-0.3, -0.25) is 0 Å². The Labute approximate surface area is 200 Å². The number of hydrogen-bond donors (Lipinski definition) is 0. The zero-order valence-electron chi connectivity index (χ0n) is 20.2. The minimum Gasteiger partial charge on any atom is -0.493 e. The molecule has 0 radical (unpaired) electrons. The first-order chi connectivity index (χ1) is 16.6. The summed E-state index contributed by atoms with van der Waals surface area (Å²) in [5.74, 6) is 4.94. The highest BCUT2D eigenvalue weighted by molar-refractivity contribution is 5.56. The van der Waals surface area contributed by atoms with Gasteiger partial charge >= 0.3 is 0 Å². The van der Waals surface area contributed by atoms with Gasteiger partial charge in [0.25, 0.3) is 0 Å². The van der Waals surface area contributed by atoms with Crippen LogP contribution in [0.2, 0.25) is 0 Å². The highest BCUT2D eigenvalue weighted by Gasteiger charge is 2.20. The zero-order chi connectivity index (χ0) is 24.1. The largest absolute Gasteiger partial charge is 0.493 e. The molecule has 34 heavy (non-hydrogen) atoms. The fourth-order valence-corrected chi connectivity index (χ4v) is 4.10. The second-order valence-electron chi connectivity index (χ2n) is 7.76. The predicted molar refractivity (Wildman–Crippen MR) is 128 cm³/mol. The molecule has 0 amide bonds. The normalized spacial score (nSPS) is 11.8. The second kappa shape index (κ2) is 10.5. The lowest BCUT2D eigenvalue weighted by atomic mass is 9.93. The Bertz CT molecular complexity index is 1160. The summed E-state index contributed by atoms with van der Waals surface area (Å²) in [4.78, 5) is 0. The number of methoxy groups -OCH3 is 4. The average molecular weight is 467 g/mol. The number of ether oxygens (including phenoxy) is 7. The van der Waals surface area contributed by atoms with Crippen molar-refractivity contribution in [3.05, 3.63) is 64.7 Å². The monoisotopic (exact) mass is 466 g/mol. The molecule has 0 saturated carbocycles. The molecule has 1 aliphatic heterocycles. The molecule has 3 aromatic rings. The molecule has 1 aliphatic rings. The van der Waals surface area contributed by atoms with Crippen LogP contribution in [0.3, 0.4) is 0 Å². The molecule has 180 valence electrons. The highest BCUT2D eigenvalue weighted by atomic mass is 16.7. The maximum Gasteiger partial charge on any atom is 0.231 e. The molecule has 0 spiro atoms. The van der Waals surface area contributed by atoms with Gasteiger partial charge in [-0.05, 0) is 60.4 Å². The van der Waals surface area contributed by atoms with Gasteiger partial charge in [0.1, 0.15) is 5.75 Å². The Morgan fingerprint density at radius 1 is 0.618 bits per heavy atom. The van der Waals surface area contributed by atoms with E-state index in [0.717, 1.165) is 33.8 Å². The van der Waals surface area contributed by atoms with Crippen molar-refractivity contribution in [3.8, 4) is 40.2 Å². The van der Waals surface area contributed by atoms with E-state index in [-0.39, 0.29) is 6.79 Å². The second-order valence-corrected chi connectivity index (χ2v) is 7.76. The minimum absolute atomic E-state index is 0.214. The van der Waals surface area contributed by atoms with Crippen LogP contribution >= 0.6 is 0 Å². The molecule has 7 nitrogen and oxygen atoms in total. The van der Waals surface area contributed by atoms with Crippen molar-refractivity contribution in [1.29, 1.82) is 0 Å². The van der Waals surface area contributed by atoms with Crippen LogP contribution in [0.5, 0.6) is 40.2 Å². The SMILES string of the molecule is CCOc1cc2c(cc1Cc1cc(OC)c(OC)cc1Cc1ccc(OC)c(OC)c1)OCO2. The molecule has 1 heterocycles. The third kappa shape index (κ3) is 4.78. The molecule has 0 aromatic heterocycles. The standard InChI is InChI=1S/C27H30O7/c1-6-32-22-15-27-26(33-16-34-27)14-20(22)11-19-13-25(31-5)24(30-4)12-18(19)9-17-7-8-21(28-2)23(10-17)29-3/h7-8,10,12-15H,6,9,11,16H2,1-5H3. The Morgan fingerprint density at radius 3 is 1.82 bits per heavy atom. The van der Waals surface area contributed by atoms with E-state index in [1.807, 2.05) is 49.4 Å². The summed E-state index contributed by atoms with van der Waals surface area (Å²) in [7, 11) is 6.55. The number of benzene rings is 3. The molecular weight excluding hydrogens is 436 g/mol. The van der Waals surface area contributed by atoms with Gasteiger partial charge in [-0.2, -0.15) is 0 Å². The van der Waals surface area contributed by atoms with Crippen LogP contribution in [-0.4, -0.2) is 41.8 Å².